The zero-order chi connectivity index (χ0) is 19.2. The van der Waals surface area contributed by atoms with Crippen LogP contribution in [-0.4, -0.2) is 37.5 Å². The molecule has 0 rings (SSSR count). The van der Waals surface area contributed by atoms with Gasteiger partial charge in [0.1, 0.15) is 0 Å². The Balaban J connectivity index is -0.000000649. The smallest absolute Gasteiger partial charge is 0.243 e. The minimum absolute atomic E-state index is 0. The van der Waals surface area contributed by atoms with Crippen molar-refractivity contribution in [2.75, 3.05) is 26.7 Å². The van der Waals surface area contributed by atoms with Crippen molar-refractivity contribution < 1.29 is 4.79 Å². The number of carbonyl (C=O) groups is 1. The lowest BCUT2D eigenvalue weighted by Crippen LogP contribution is -2.27. The first kappa shape index (κ1) is 30.2. The molecule has 0 saturated heterocycles. The van der Waals surface area contributed by atoms with Gasteiger partial charge in [0.25, 0.3) is 0 Å². The van der Waals surface area contributed by atoms with E-state index in [9.17, 15) is 4.79 Å². The summed E-state index contributed by atoms with van der Waals surface area (Å²) in [5, 5.41) is 2.36. The molecule has 0 spiro atoms. The molecule has 0 atom stereocenters. The Morgan fingerprint density at radius 3 is 1.31 bits per heavy atom. The highest BCUT2D eigenvalue weighted by Crippen LogP contribution is 2.08. The predicted molar refractivity (Wildman–Crippen MR) is 120 cm³/mol. The van der Waals surface area contributed by atoms with Crippen LogP contribution in [0, 0.1) is 0 Å². The summed E-state index contributed by atoms with van der Waals surface area (Å²) < 4.78 is 0. The van der Waals surface area contributed by atoms with E-state index in [0.717, 1.165) is 0 Å². The van der Waals surface area contributed by atoms with Crippen molar-refractivity contribution in [1.29, 1.82) is 0 Å². The molecule has 0 fully saturated rings. The van der Waals surface area contributed by atoms with Crippen molar-refractivity contribution in [3.05, 3.63) is 12.7 Å². The number of rotatable bonds is 16. The van der Waals surface area contributed by atoms with Gasteiger partial charge < -0.3 is 10.2 Å². The Labute approximate surface area is 170 Å². The van der Waals surface area contributed by atoms with Crippen molar-refractivity contribution in [2.45, 2.75) is 97.8 Å². The van der Waals surface area contributed by atoms with Gasteiger partial charge in [0.05, 0.1) is 0 Å². The quantitative estimate of drug-likeness (QED) is 0.245. The molecular formula is C22H47ClN2O. The summed E-state index contributed by atoms with van der Waals surface area (Å²) in [4.78, 5) is 12.7. The van der Waals surface area contributed by atoms with Crippen molar-refractivity contribution >= 4 is 18.3 Å². The lowest BCUT2D eigenvalue weighted by atomic mass is 10.1. The molecule has 1 amide bonds. The third-order valence-corrected chi connectivity index (χ3v) is 4.42. The first-order chi connectivity index (χ1) is 12.2. The molecule has 0 aromatic carbocycles. The van der Waals surface area contributed by atoms with Crippen LogP contribution in [-0.2, 0) is 4.79 Å². The summed E-state index contributed by atoms with van der Waals surface area (Å²) in [6.07, 6.45) is 18.1. The van der Waals surface area contributed by atoms with Gasteiger partial charge in [-0.3, -0.25) is 4.79 Å². The molecule has 0 aromatic rings. The van der Waals surface area contributed by atoms with E-state index in [1.54, 1.807) is 7.05 Å². The summed E-state index contributed by atoms with van der Waals surface area (Å²) in [6, 6.07) is 0. The number of carbonyl (C=O) groups excluding carboxylic acids is 1. The molecule has 0 heterocycles. The van der Waals surface area contributed by atoms with E-state index in [4.69, 9.17) is 0 Å². The van der Waals surface area contributed by atoms with Crippen molar-refractivity contribution in [3.63, 3.8) is 0 Å². The average Bonchev–Trinajstić information content (AvgIpc) is 2.64. The summed E-state index contributed by atoms with van der Waals surface area (Å²) in [6.45, 7) is 14.2. The Morgan fingerprint density at radius 1 is 0.769 bits per heavy atom. The predicted octanol–water partition coefficient (Wildman–Crippen LogP) is 6.37. The molecule has 4 heteroatoms. The highest BCUT2D eigenvalue weighted by Gasteiger charge is 2.04. The Morgan fingerprint density at radius 2 is 1.12 bits per heavy atom. The summed E-state index contributed by atoms with van der Waals surface area (Å²) in [7, 11) is 1.56. The Kier molecular flexibility index (Phi) is 31.0. The summed E-state index contributed by atoms with van der Waals surface area (Å²) in [5.74, 6) is -0.144. The molecule has 26 heavy (non-hydrogen) atoms. The second-order valence-electron chi connectivity index (χ2n) is 6.84. The van der Waals surface area contributed by atoms with Crippen LogP contribution < -0.4 is 5.32 Å². The van der Waals surface area contributed by atoms with E-state index >= 15 is 0 Å². The molecule has 158 valence electrons. The number of amides is 1. The van der Waals surface area contributed by atoms with Crippen LogP contribution in [0.2, 0.25) is 0 Å². The fraction of sp³-hybridized carbons (Fsp3) is 0.864. The van der Waals surface area contributed by atoms with Gasteiger partial charge in [-0.1, -0.05) is 85.1 Å². The third-order valence-electron chi connectivity index (χ3n) is 4.42. The molecule has 1 N–H and O–H groups in total. The highest BCUT2D eigenvalue weighted by molar-refractivity contribution is 5.86. The topological polar surface area (TPSA) is 32.3 Å². The number of hydrogen-bond donors (Lipinski definition) is 1. The fourth-order valence-electron chi connectivity index (χ4n) is 2.72. The molecule has 0 aromatic heterocycles. The number of halogens is 1. The minimum Gasteiger partial charge on any atom is -0.356 e. The van der Waals surface area contributed by atoms with Gasteiger partial charge in [-0.05, 0) is 45.0 Å². The maximum atomic E-state index is 9.95. The molecule has 3 nitrogen and oxygen atoms in total. The molecule has 0 unspecified atom stereocenters. The van der Waals surface area contributed by atoms with E-state index in [-0.39, 0.29) is 18.3 Å². The van der Waals surface area contributed by atoms with Gasteiger partial charge in [-0.15, -0.1) is 12.4 Å². The Bertz CT molecular complexity index is 257. The van der Waals surface area contributed by atoms with E-state index in [2.05, 4.69) is 37.6 Å². The summed E-state index contributed by atoms with van der Waals surface area (Å²) in [5.41, 5.74) is 0. The van der Waals surface area contributed by atoms with Gasteiger partial charge in [-0.25, -0.2) is 0 Å². The maximum Gasteiger partial charge on any atom is 0.243 e. The molecule has 0 aliphatic carbocycles. The zero-order valence-corrected chi connectivity index (χ0v) is 19.0. The molecule has 0 bridgehead atoms. The number of nitrogens with one attached hydrogen (secondary N) is 1. The molecule has 0 radical (unpaired) electrons. The molecule has 0 aliphatic rings. The standard InChI is InChI=1S/C18H39N.C4H7NO.ClH/c1-4-7-10-13-16-19(17-14-11-8-5-2)18-15-12-9-6-3;1-3-4(6)5-2;/h4-18H2,1-3H3;3H,1H2,2H3,(H,5,6);1H. The van der Waals surface area contributed by atoms with Gasteiger partial charge in [-0.2, -0.15) is 0 Å². The van der Waals surface area contributed by atoms with E-state index in [1.807, 2.05) is 0 Å². The zero-order valence-electron chi connectivity index (χ0n) is 18.2. The number of unbranched alkanes of at least 4 members (excludes halogenated alkanes) is 9. The fourth-order valence-corrected chi connectivity index (χ4v) is 2.72. The lowest BCUT2D eigenvalue weighted by Gasteiger charge is -2.22. The molecule has 0 saturated carbocycles. The van der Waals surface area contributed by atoms with Crippen LogP contribution in [0.15, 0.2) is 12.7 Å². The van der Waals surface area contributed by atoms with Gasteiger partial charge >= 0.3 is 0 Å². The first-order valence-corrected chi connectivity index (χ1v) is 10.7. The lowest BCUT2D eigenvalue weighted by molar-refractivity contribution is -0.116. The van der Waals surface area contributed by atoms with Gasteiger partial charge in [0.2, 0.25) is 5.91 Å². The van der Waals surface area contributed by atoms with E-state index in [1.165, 1.54) is 103 Å². The monoisotopic (exact) mass is 390 g/mol. The number of hydrogen-bond acceptors (Lipinski definition) is 2. The number of likely N-dealkylation sites (N-methyl/N-ethyl adjacent to an activating group) is 1. The third kappa shape index (κ3) is 25.7. The summed E-state index contributed by atoms with van der Waals surface area (Å²) >= 11 is 0. The SMILES string of the molecule is C=CC(=O)NC.CCCCCCN(CCCCCC)CCCCCC.Cl. The van der Waals surface area contributed by atoms with Crippen LogP contribution >= 0.6 is 12.4 Å². The van der Waals surface area contributed by atoms with Gasteiger partial charge in [0, 0.05) is 7.05 Å². The van der Waals surface area contributed by atoms with E-state index in [0.29, 0.717) is 0 Å². The second-order valence-corrected chi connectivity index (χ2v) is 6.84. The van der Waals surface area contributed by atoms with Crippen molar-refractivity contribution in [3.8, 4) is 0 Å². The van der Waals surface area contributed by atoms with Crippen LogP contribution in [0.25, 0.3) is 0 Å². The molecule has 0 aliphatic heterocycles. The van der Waals surface area contributed by atoms with E-state index < -0.39 is 0 Å². The average molecular weight is 391 g/mol. The first-order valence-electron chi connectivity index (χ1n) is 10.7. The van der Waals surface area contributed by atoms with Gasteiger partial charge in [0.15, 0.2) is 0 Å². The number of nitrogens with zero attached hydrogens (tertiary/aromatic N) is 1. The maximum absolute atomic E-state index is 9.95. The molecular weight excluding hydrogens is 344 g/mol. The van der Waals surface area contributed by atoms with Crippen LogP contribution in [0.1, 0.15) is 97.8 Å². The highest BCUT2D eigenvalue weighted by atomic mass is 35.5. The van der Waals surface area contributed by atoms with Crippen LogP contribution in [0.5, 0.6) is 0 Å². The van der Waals surface area contributed by atoms with Crippen molar-refractivity contribution in [2.24, 2.45) is 0 Å². The normalized spacial score (nSPS) is 9.88. The minimum atomic E-state index is -0.144. The Hall–Kier alpha value is -0.540. The van der Waals surface area contributed by atoms with Crippen LogP contribution in [0.3, 0.4) is 0 Å². The largest absolute Gasteiger partial charge is 0.356 e. The van der Waals surface area contributed by atoms with Crippen LogP contribution in [0.4, 0.5) is 0 Å². The van der Waals surface area contributed by atoms with Crippen molar-refractivity contribution in [1.82, 2.24) is 10.2 Å². The second kappa shape index (κ2) is 26.7.